The standard InChI is InChI=1S/C16H26N2/c1-3-16(2)8-10-18(11-9-16)13-15-6-4-14(12-17)5-7-15/h4-7H,3,8-13,17H2,1-2H3. The Morgan fingerprint density at radius 2 is 1.67 bits per heavy atom. The number of benzene rings is 1. The van der Waals surface area contributed by atoms with Crippen molar-refractivity contribution in [2.24, 2.45) is 11.1 Å². The van der Waals surface area contributed by atoms with Gasteiger partial charge in [0.1, 0.15) is 0 Å². The highest BCUT2D eigenvalue weighted by molar-refractivity contribution is 5.22. The smallest absolute Gasteiger partial charge is 0.0233 e. The fourth-order valence-corrected chi connectivity index (χ4v) is 2.64. The van der Waals surface area contributed by atoms with E-state index in [-0.39, 0.29) is 0 Å². The van der Waals surface area contributed by atoms with Gasteiger partial charge in [0, 0.05) is 13.1 Å². The molecule has 0 amide bonds. The normalized spacial score (nSPS) is 19.9. The summed E-state index contributed by atoms with van der Waals surface area (Å²) in [5.74, 6) is 0. The Balaban J connectivity index is 1.87. The summed E-state index contributed by atoms with van der Waals surface area (Å²) in [6.07, 6.45) is 3.99. The highest BCUT2D eigenvalue weighted by Crippen LogP contribution is 2.34. The maximum Gasteiger partial charge on any atom is 0.0233 e. The third-order valence-electron chi connectivity index (χ3n) is 4.58. The summed E-state index contributed by atoms with van der Waals surface area (Å²) in [4.78, 5) is 2.58. The Bertz CT molecular complexity index is 361. The zero-order valence-corrected chi connectivity index (χ0v) is 11.8. The molecule has 1 saturated heterocycles. The molecule has 0 aromatic heterocycles. The minimum atomic E-state index is 0.583. The predicted molar refractivity (Wildman–Crippen MR) is 77.2 cm³/mol. The number of hydrogen-bond acceptors (Lipinski definition) is 2. The molecule has 1 aliphatic heterocycles. The van der Waals surface area contributed by atoms with Gasteiger partial charge in [0.2, 0.25) is 0 Å². The van der Waals surface area contributed by atoms with Gasteiger partial charge in [0.15, 0.2) is 0 Å². The molecule has 0 unspecified atom stereocenters. The zero-order chi connectivity index (χ0) is 13.0. The summed E-state index contributed by atoms with van der Waals surface area (Å²) in [7, 11) is 0. The first-order valence-corrected chi connectivity index (χ1v) is 7.15. The van der Waals surface area contributed by atoms with E-state index in [4.69, 9.17) is 5.73 Å². The van der Waals surface area contributed by atoms with E-state index in [0.29, 0.717) is 12.0 Å². The third-order valence-corrected chi connectivity index (χ3v) is 4.58. The summed E-state index contributed by atoms with van der Waals surface area (Å²) in [6.45, 7) is 8.96. The van der Waals surface area contributed by atoms with E-state index in [2.05, 4.69) is 43.0 Å². The van der Waals surface area contributed by atoms with Crippen LogP contribution in [0.15, 0.2) is 24.3 Å². The molecule has 0 aliphatic carbocycles. The molecule has 2 N–H and O–H groups in total. The second kappa shape index (κ2) is 5.85. The van der Waals surface area contributed by atoms with E-state index < -0.39 is 0 Å². The summed E-state index contributed by atoms with van der Waals surface area (Å²) in [6, 6.07) is 8.73. The van der Waals surface area contributed by atoms with Gasteiger partial charge in [-0.15, -0.1) is 0 Å². The van der Waals surface area contributed by atoms with Crippen LogP contribution in [0.3, 0.4) is 0 Å². The average Bonchev–Trinajstić information content (AvgIpc) is 2.42. The van der Waals surface area contributed by atoms with Gasteiger partial charge in [0.25, 0.3) is 0 Å². The van der Waals surface area contributed by atoms with Crippen molar-refractivity contribution in [3.8, 4) is 0 Å². The Morgan fingerprint density at radius 1 is 1.11 bits per heavy atom. The predicted octanol–water partition coefficient (Wildman–Crippen LogP) is 3.16. The van der Waals surface area contributed by atoms with Gasteiger partial charge >= 0.3 is 0 Å². The van der Waals surface area contributed by atoms with Gasteiger partial charge in [0.05, 0.1) is 0 Å². The molecule has 1 aromatic carbocycles. The van der Waals surface area contributed by atoms with Gasteiger partial charge in [-0.25, -0.2) is 0 Å². The minimum Gasteiger partial charge on any atom is -0.326 e. The van der Waals surface area contributed by atoms with Crippen molar-refractivity contribution < 1.29 is 0 Å². The maximum atomic E-state index is 5.62. The lowest BCUT2D eigenvalue weighted by atomic mass is 9.78. The van der Waals surface area contributed by atoms with Crippen LogP contribution in [0.4, 0.5) is 0 Å². The highest BCUT2D eigenvalue weighted by Gasteiger charge is 2.27. The van der Waals surface area contributed by atoms with Crippen molar-refractivity contribution in [3.05, 3.63) is 35.4 Å². The maximum absolute atomic E-state index is 5.62. The van der Waals surface area contributed by atoms with Crippen LogP contribution >= 0.6 is 0 Å². The van der Waals surface area contributed by atoms with Crippen LogP contribution in [-0.2, 0) is 13.1 Å². The molecule has 18 heavy (non-hydrogen) atoms. The van der Waals surface area contributed by atoms with Crippen LogP contribution in [0.25, 0.3) is 0 Å². The van der Waals surface area contributed by atoms with Crippen molar-refractivity contribution in [1.29, 1.82) is 0 Å². The molecule has 1 fully saturated rings. The number of likely N-dealkylation sites (tertiary alicyclic amines) is 1. The number of rotatable bonds is 4. The van der Waals surface area contributed by atoms with Gasteiger partial charge in [-0.3, -0.25) is 4.90 Å². The molecule has 0 atom stereocenters. The average molecular weight is 246 g/mol. The lowest BCUT2D eigenvalue weighted by molar-refractivity contribution is 0.109. The Labute approximate surface area is 111 Å². The lowest BCUT2D eigenvalue weighted by Gasteiger charge is -2.39. The van der Waals surface area contributed by atoms with Crippen molar-refractivity contribution >= 4 is 0 Å². The first-order chi connectivity index (χ1) is 8.65. The summed E-state index contributed by atoms with van der Waals surface area (Å²) >= 11 is 0. The molecule has 1 heterocycles. The van der Waals surface area contributed by atoms with Crippen LogP contribution in [-0.4, -0.2) is 18.0 Å². The summed E-state index contributed by atoms with van der Waals surface area (Å²) in [5.41, 5.74) is 8.83. The molecule has 2 rings (SSSR count). The van der Waals surface area contributed by atoms with E-state index in [9.17, 15) is 0 Å². The molecule has 1 aromatic rings. The summed E-state index contributed by atoms with van der Waals surface area (Å²) in [5, 5.41) is 0. The Hall–Kier alpha value is -0.860. The highest BCUT2D eigenvalue weighted by atomic mass is 15.1. The van der Waals surface area contributed by atoms with E-state index in [1.54, 1.807) is 0 Å². The molecule has 0 radical (unpaired) electrons. The third kappa shape index (κ3) is 3.33. The first-order valence-electron chi connectivity index (χ1n) is 7.15. The molecule has 2 nitrogen and oxygen atoms in total. The van der Waals surface area contributed by atoms with Crippen LogP contribution in [0.1, 0.15) is 44.2 Å². The number of nitrogens with two attached hydrogens (primary N) is 1. The van der Waals surface area contributed by atoms with E-state index >= 15 is 0 Å². The molecule has 0 bridgehead atoms. The molecule has 100 valence electrons. The van der Waals surface area contributed by atoms with Gasteiger partial charge < -0.3 is 5.73 Å². The number of hydrogen-bond donors (Lipinski definition) is 1. The minimum absolute atomic E-state index is 0.583. The monoisotopic (exact) mass is 246 g/mol. The van der Waals surface area contributed by atoms with Crippen LogP contribution in [0, 0.1) is 5.41 Å². The van der Waals surface area contributed by atoms with Gasteiger partial charge in [-0.1, -0.05) is 44.5 Å². The molecular weight excluding hydrogens is 220 g/mol. The SMILES string of the molecule is CCC1(C)CCN(Cc2ccc(CN)cc2)CC1. The molecule has 1 aliphatic rings. The second-order valence-electron chi connectivity index (χ2n) is 5.96. The van der Waals surface area contributed by atoms with Crippen molar-refractivity contribution in [1.82, 2.24) is 4.90 Å². The van der Waals surface area contributed by atoms with Crippen molar-refractivity contribution in [3.63, 3.8) is 0 Å². The van der Waals surface area contributed by atoms with Gasteiger partial charge in [-0.05, 0) is 42.5 Å². The largest absolute Gasteiger partial charge is 0.326 e. The molecule has 0 spiro atoms. The quantitative estimate of drug-likeness (QED) is 0.884. The molecular formula is C16H26N2. The number of piperidine rings is 1. The van der Waals surface area contributed by atoms with Crippen LogP contribution in [0.5, 0.6) is 0 Å². The van der Waals surface area contributed by atoms with Crippen LogP contribution in [0.2, 0.25) is 0 Å². The van der Waals surface area contributed by atoms with E-state index in [1.807, 2.05) is 0 Å². The van der Waals surface area contributed by atoms with Crippen molar-refractivity contribution in [2.45, 2.75) is 46.2 Å². The fourth-order valence-electron chi connectivity index (χ4n) is 2.64. The Kier molecular flexibility index (Phi) is 4.41. The number of nitrogens with zero attached hydrogens (tertiary/aromatic N) is 1. The van der Waals surface area contributed by atoms with Crippen LogP contribution < -0.4 is 5.73 Å². The zero-order valence-electron chi connectivity index (χ0n) is 11.8. The lowest BCUT2D eigenvalue weighted by Crippen LogP contribution is -2.37. The second-order valence-corrected chi connectivity index (χ2v) is 5.96. The van der Waals surface area contributed by atoms with E-state index in [1.165, 1.54) is 43.5 Å². The van der Waals surface area contributed by atoms with E-state index in [0.717, 1.165) is 6.54 Å². The topological polar surface area (TPSA) is 29.3 Å². The Morgan fingerprint density at radius 3 is 2.17 bits per heavy atom. The molecule has 0 saturated carbocycles. The first kappa shape index (κ1) is 13.6. The molecule has 2 heteroatoms. The summed E-state index contributed by atoms with van der Waals surface area (Å²) < 4.78 is 0. The van der Waals surface area contributed by atoms with Crippen molar-refractivity contribution in [2.75, 3.05) is 13.1 Å². The fraction of sp³-hybridized carbons (Fsp3) is 0.625. The van der Waals surface area contributed by atoms with Gasteiger partial charge in [-0.2, -0.15) is 0 Å².